The number of para-hydroxylation sites is 1. The molecule has 1 saturated heterocycles. The van der Waals surface area contributed by atoms with Crippen molar-refractivity contribution in [3.63, 3.8) is 0 Å². The van der Waals surface area contributed by atoms with Gasteiger partial charge in [0.25, 0.3) is 0 Å². The Morgan fingerprint density at radius 2 is 1.89 bits per heavy atom. The Hall–Kier alpha value is -2.26. The lowest BCUT2D eigenvalue weighted by Gasteiger charge is -2.37. The second-order valence-corrected chi connectivity index (χ2v) is 9.03. The number of rotatable bonds is 5. The van der Waals surface area contributed by atoms with E-state index in [1.54, 1.807) is 24.5 Å². The van der Waals surface area contributed by atoms with Gasteiger partial charge in [0.1, 0.15) is 0 Å². The molecular formula is C18H25N5O2S2. The summed E-state index contributed by atoms with van der Waals surface area (Å²) in [6, 6.07) is 11.6. The molecule has 0 radical (unpaired) electrons. The van der Waals surface area contributed by atoms with E-state index in [2.05, 4.69) is 42.3 Å². The molecule has 0 spiro atoms. The highest BCUT2D eigenvalue weighted by Gasteiger charge is 2.20. The van der Waals surface area contributed by atoms with E-state index < -0.39 is 10.0 Å². The summed E-state index contributed by atoms with van der Waals surface area (Å²) in [4.78, 5) is 9.02. The number of hydrogen-bond donors (Lipinski definition) is 2. The number of hydrogen-bond acceptors (Lipinski definition) is 5. The first-order valence-corrected chi connectivity index (χ1v) is 11.5. The summed E-state index contributed by atoms with van der Waals surface area (Å²) in [7, 11) is -1.54. The van der Waals surface area contributed by atoms with Gasteiger partial charge in [0.05, 0.1) is 16.9 Å². The first-order chi connectivity index (χ1) is 13.0. The summed E-state index contributed by atoms with van der Waals surface area (Å²) < 4.78 is 25.7. The van der Waals surface area contributed by atoms with Crippen molar-refractivity contribution >= 4 is 38.0 Å². The molecule has 0 aliphatic carbocycles. The first-order valence-electron chi connectivity index (χ1n) is 8.76. The van der Waals surface area contributed by atoms with Gasteiger partial charge >= 0.3 is 0 Å². The van der Waals surface area contributed by atoms with Crippen molar-refractivity contribution in [2.75, 3.05) is 49.1 Å². The van der Waals surface area contributed by atoms with Crippen molar-refractivity contribution in [1.82, 2.24) is 10.2 Å². The molecule has 1 aliphatic heterocycles. The molecule has 2 aromatic rings. The largest absolute Gasteiger partial charge is 0.360 e. The minimum Gasteiger partial charge on any atom is -0.360 e. The second kappa shape index (κ2) is 8.62. The van der Waals surface area contributed by atoms with Gasteiger partial charge in [-0.3, -0.25) is 9.71 Å². The molecule has 0 saturated carbocycles. The van der Waals surface area contributed by atoms with Crippen LogP contribution in [0.15, 0.2) is 46.8 Å². The van der Waals surface area contributed by atoms with Crippen molar-refractivity contribution < 1.29 is 8.42 Å². The average Bonchev–Trinajstić information content (AvgIpc) is 3.17. The Morgan fingerprint density at radius 1 is 1.15 bits per heavy atom. The van der Waals surface area contributed by atoms with Crippen molar-refractivity contribution in [1.29, 1.82) is 0 Å². The maximum absolute atomic E-state index is 11.6. The molecule has 146 valence electrons. The van der Waals surface area contributed by atoms with Crippen molar-refractivity contribution in [3.05, 3.63) is 47.3 Å². The fourth-order valence-electron chi connectivity index (χ4n) is 3.07. The monoisotopic (exact) mass is 407 g/mol. The lowest BCUT2D eigenvalue weighted by Crippen LogP contribution is -2.52. The molecule has 1 aromatic carbocycles. The normalized spacial score (nSPS) is 15.7. The van der Waals surface area contributed by atoms with Gasteiger partial charge in [0.15, 0.2) is 5.96 Å². The number of benzene rings is 1. The highest BCUT2D eigenvalue weighted by molar-refractivity contribution is 7.92. The quantitative estimate of drug-likeness (QED) is 0.586. The van der Waals surface area contributed by atoms with Gasteiger partial charge < -0.3 is 15.1 Å². The number of nitrogens with one attached hydrogen (secondary N) is 2. The Morgan fingerprint density at radius 3 is 2.52 bits per heavy atom. The molecule has 3 rings (SSSR count). The molecular weight excluding hydrogens is 382 g/mol. The number of sulfonamides is 1. The molecule has 0 atom stereocenters. The van der Waals surface area contributed by atoms with Gasteiger partial charge in [-0.15, -0.1) is 11.3 Å². The van der Waals surface area contributed by atoms with Crippen LogP contribution in [0, 0.1) is 0 Å². The average molecular weight is 408 g/mol. The zero-order chi connectivity index (χ0) is 19.3. The number of guanidine groups is 1. The fraction of sp³-hybridized carbons (Fsp3) is 0.389. The Balaban J connectivity index is 1.59. The third-order valence-corrected chi connectivity index (χ3v) is 5.88. The lowest BCUT2D eigenvalue weighted by molar-refractivity contribution is 0.373. The third kappa shape index (κ3) is 5.36. The van der Waals surface area contributed by atoms with Gasteiger partial charge in [-0.05, 0) is 29.1 Å². The van der Waals surface area contributed by atoms with Crippen LogP contribution in [0.1, 0.15) is 5.56 Å². The van der Waals surface area contributed by atoms with Gasteiger partial charge in [-0.1, -0.05) is 18.2 Å². The van der Waals surface area contributed by atoms with E-state index in [9.17, 15) is 8.42 Å². The topological polar surface area (TPSA) is 77.0 Å². The zero-order valence-electron chi connectivity index (χ0n) is 15.6. The van der Waals surface area contributed by atoms with E-state index in [0.717, 1.165) is 44.0 Å². The summed E-state index contributed by atoms with van der Waals surface area (Å²) in [5.41, 5.74) is 1.46. The molecule has 2 N–H and O–H groups in total. The van der Waals surface area contributed by atoms with Crippen LogP contribution in [0.2, 0.25) is 0 Å². The number of anilines is 2. The number of aliphatic imine (C=N–C) groups is 1. The van der Waals surface area contributed by atoms with Crippen LogP contribution in [0.3, 0.4) is 0 Å². The van der Waals surface area contributed by atoms with Crippen LogP contribution in [0.4, 0.5) is 10.7 Å². The molecule has 2 heterocycles. The van der Waals surface area contributed by atoms with Gasteiger partial charge in [0.2, 0.25) is 10.0 Å². The third-order valence-electron chi connectivity index (χ3n) is 4.36. The molecule has 0 amide bonds. The molecule has 1 aliphatic rings. The van der Waals surface area contributed by atoms with E-state index in [1.165, 1.54) is 5.00 Å². The second-order valence-electron chi connectivity index (χ2n) is 6.36. The molecule has 1 aromatic heterocycles. The standard InChI is InChI=1S/C18H25N5O2S2/c1-19-18(23-11-9-22(10-12-23)17-8-5-13-26-17)20-14-15-6-3-4-7-16(15)21-27(2,24)25/h3-8,13,21H,9-12,14H2,1-2H3,(H,19,20). The molecule has 0 unspecified atom stereocenters. The van der Waals surface area contributed by atoms with Crippen LogP contribution in [-0.4, -0.2) is 58.8 Å². The SMILES string of the molecule is CN=C(NCc1ccccc1NS(C)(=O)=O)N1CCN(c2cccs2)CC1. The minimum atomic E-state index is -3.31. The van der Waals surface area contributed by atoms with Crippen LogP contribution in [-0.2, 0) is 16.6 Å². The van der Waals surface area contributed by atoms with Crippen molar-refractivity contribution in [2.45, 2.75) is 6.54 Å². The Bertz CT molecular complexity index is 873. The predicted molar refractivity (Wildman–Crippen MR) is 113 cm³/mol. The maximum Gasteiger partial charge on any atom is 0.229 e. The van der Waals surface area contributed by atoms with Crippen molar-refractivity contribution in [3.8, 4) is 0 Å². The Kier molecular flexibility index (Phi) is 6.22. The van der Waals surface area contributed by atoms with E-state index in [-0.39, 0.29) is 0 Å². The smallest absolute Gasteiger partial charge is 0.229 e. The number of nitrogens with zero attached hydrogens (tertiary/aromatic N) is 3. The van der Waals surface area contributed by atoms with Gasteiger partial charge in [0, 0.05) is 39.8 Å². The summed E-state index contributed by atoms with van der Waals surface area (Å²) >= 11 is 1.76. The fourth-order valence-corrected chi connectivity index (χ4v) is 4.45. The zero-order valence-corrected chi connectivity index (χ0v) is 17.2. The van der Waals surface area contributed by atoms with Crippen LogP contribution in [0.25, 0.3) is 0 Å². The maximum atomic E-state index is 11.6. The molecule has 9 heteroatoms. The lowest BCUT2D eigenvalue weighted by atomic mass is 10.2. The van der Waals surface area contributed by atoms with Gasteiger partial charge in [-0.25, -0.2) is 8.42 Å². The summed E-state index contributed by atoms with van der Waals surface area (Å²) in [6.07, 6.45) is 1.16. The summed E-state index contributed by atoms with van der Waals surface area (Å²) in [5.74, 6) is 0.829. The van der Waals surface area contributed by atoms with Crippen LogP contribution < -0.4 is 14.9 Å². The van der Waals surface area contributed by atoms with Crippen LogP contribution >= 0.6 is 11.3 Å². The van der Waals surface area contributed by atoms with E-state index in [1.807, 2.05) is 18.2 Å². The molecule has 27 heavy (non-hydrogen) atoms. The van der Waals surface area contributed by atoms with Crippen molar-refractivity contribution in [2.24, 2.45) is 4.99 Å². The molecule has 0 bridgehead atoms. The molecule has 7 nitrogen and oxygen atoms in total. The van der Waals surface area contributed by atoms with E-state index >= 15 is 0 Å². The highest BCUT2D eigenvalue weighted by atomic mass is 32.2. The number of piperazine rings is 1. The summed E-state index contributed by atoms with van der Waals surface area (Å²) in [5, 5.41) is 6.76. The van der Waals surface area contributed by atoms with Crippen LogP contribution in [0.5, 0.6) is 0 Å². The van der Waals surface area contributed by atoms with Gasteiger partial charge in [-0.2, -0.15) is 0 Å². The number of thiophene rings is 1. The Labute approximate surface area is 164 Å². The minimum absolute atomic E-state index is 0.497. The molecule has 1 fully saturated rings. The van der Waals surface area contributed by atoms with E-state index in [4.69, 9.17) is 0 Å². The van der Waals surface area contributed by atoms with E-state index in [0.29, 0.717) is 12.2 Å². The summed E-state index contributed by atoms with van der Waals surface area (Å²) in [6.45, 7) is 4.18. The highest BCUT2D eigenvalue weighted by Crippen LogP contribution is 2.22. The first kappa shape index (κ1) is 19.5. The predicted octanol–water partition coefficient (Wildman–Crippen LogP) is 2.02.